The summed E-state index contributed by atoms with van der Waals surface area (Å²) in [5, 5.41) is 12.4. The third-order valence-corrected chi connectivity index (χ3v) is 6.13. The molecule has 1 N–H and O–H groups in total. The quantitative estimate of drug-likeness (QED) is 0.547. The zero-order valence-electron chi connectivity index (χ0n) is 16.6. The third-order valence-electron chi connectivity index (χ3n) is 6.13. The van der Waals surface area contributed by atoms with Gasteiger partial charge in [0.2, 0.25) is 0 Å². The Kier molecular flexibility index (Phi) is 4.87. The summed E-state index contributed by atoms with van der Waals surface area (Å²) in [4.78, 5) is 0. The second-order valence-electron chi connectivity index (χ2n) is 8.05. The fourth-order valence-corrected chi connectivity index (χ4v) is 4.60. The molecular weight excluding hydrogens is 344 g/mol. The Morgan fingerprint density at radius 2 is 2.18 bits per heavy atom. The summed E-state index contributed by atoms with van der Waals surface area (Å²) in [6, 6.07) is 7.89. The molecule has 0 radical (unpaired) electrons. The largest absolute Gasteiger partial charge is 0.508 e. The second kappa shape index (κ2) is 7.34. The lowest BCUT2D eigenvalue weighted by Gasteiger charge is -2.36. The first-order valence-corrected chi connectivity index (χ1v) is 9.89. The highest BCUT2D eigenvalue weighted by atomic mass is 16.5. The standard InChI is InChI=1S/C26H26O2/c1-4-6-18(7-5-2)8-9-19-14-24-22(23-15-20(27)10-11-21(19)23)12-13-26(3)17-28-16-25(24)26/h4-7,10-11,14-15,25,27H,1,12-13,16-17H2,2-3H3/b7-5-,18-6+. The van der Waals surface area contributed by atoms with Crippen LogP contribution in [0.5, 0.6) is 5.75 Å². The van der Waals surface area contributed by atoms with E-state index in [1.807, 2.05) is 37.3 Å². The first kappa shape index (κ1) is 18.6. The van der Waals surface area contributed by atoms with Crippen LogP contribution in [-0.2, 0) is 11.2 Å². The van der Waals surface area contributed by atoms with Crippen LogP contribution < -0.4 is 0 Å². The Morgan fingerprint density at radius 1 is 1.32 bits per heavy atom. The highest BCUT2D eigenvalue weighted by Gasteiger charge is 2.44. The molecule has 2 aromatic rings. The topological polar surface area (TPSA) is 29.5 Å². The monoisotopic (exact) mass is 370 g/mol. The van der Waals surface area contributed by atoms with Crippen molar-refractivity contribution in [1.29, 1.82) is 0 Å². The molecule has 1 heterocycles. The molecule has 1 fully saturated rings. The molecule has 4 rings (SSSR count). The van der Waals surface area contributed by atoms with Crippen molar-refractivity contribution in [3.05, 3.63) is 77.4 Å². The summed E-state index contributed by atoms with van der Waals surface area (Å²) >= 11 is 0. The number of phenolic OH excluding ortho intramolecular Hbond substituents is 1. The molecule has 1 aliphatic carbocycles. The van der Waals surface area contributed by atoms with E-state index in [4.69, 9.17) is 4.74 Å². The van der Waals surface area contributed by atoms with Crippen molar-refractivity contribution in [2.24, 2.45) is 5.41 Å². The molecule has 2 heteroatoms. The summed E-state index contributed by atoms with van der Waals surface area (Å²) < 4.78 is 5.87. The van der Waals surface area contributed by atoms with Gasteiger partial charge in [0.15, 0.2) is 0 Å². The van der Waals surface area contributed by atoms with E-state index in [1.165, 1.54) is 11.1 Å². The molecule has 0 bridgehead atoms. The van der Waals surface area contributed by atoms with Gasteiger partial charge in [0, 0.05) is 22.5 Å². The van der Waals surface area contributed by atoms with Gasteiger partial charge in [0.25, 0.3) is 0 Å². The normalized spacial score (nSPS) is 23.9. The van der Waals surface area contributed by atoms with Crippen molar-refractivity contribution < 1.29 is 9.84 Å². The molecule has 2 nitrogen and oxygen atoms in total. The number of rotatable bonds is 2. The highest BCUT2D eigenvalue weighted by molar-refractivity contribution is 5.93. The van der Waals surface area contributed by atoms with Gasteiger partial charge in [-0.3, -0.25) is 0 Å². The van der Waals surface area contributed by atoms with Crippen molar-refractivity contribution in [2.75, 3.05) is 13.2 Å². The summed E-state index contributed by atoms with van der Waals surface area (Å²) in [7, 11) is 0. The maximum atomic E-state index is 10.1. The Labute approximate surface area is 167 Å². The number of benzene rings is 2. The minimum atomic E-state index is 0.195. The lowest BCUT2D eigenvalue weighted by atomic mass is 9.66. The molecule has 1 aliphatic heterocycles. The van der Waals surface area contributed by atoms with E-state index in [0.717, 1.165) is 48.0 Å². The molecule has 0 saturated carbocycles. The summed E-state index contributed by atoms with van der Waals surface area (Å²) in [5.74, 6) is 7.35. The Hall–Kier alpha value is -2.76. The number of hydrogen-bond acceptors (Lipinski definition) is 2. The number of hydrogen-bond donors (Lipinski definition) is 1. The molecule has 0 aromatic heterocycles. The molecule has 1 saturated heterocycles. The number of aromatic hydroxyl groups is 1. The average Bonchev–Trinajstić information content (AvgIpc) is 3.08. The molecule has 2 aromatic carbocycles. The van der Waals surface area contributed by atoms with Crippen molar-refractivity contribution in [2.45, 2.75) is 32.6 Å². The molecule has 2 aliphatic rings. The van der Waals surface area contributed by atoms with Gasteiger partial charge in [0.05, 0.1) is 13.2 Å². The smallest absolute Gasteiger partial charge is 0.116 e. The molecule has 2 unspecified atom stereocenters. The minimum absolute atomic E-state index is 0.195. The van der Waals surface area contributed by atoms with Crippen molar-refractivity contribution >= 4 is 10.8 Å². The molecule has 28 heavy (non-hydrogen) atoms. The van der Waals surface area contributed by atoms with Crippen LogP contribution in [0, 0.1) is 17.3 Å². The zero-order chi connectivity index (χ0) is 19.7. The number of fused-ring (bicyclic) bond motifs is 5. The van der Waals surface area contributed by atoms with E-state index >= 15 is 0 Å². The van der Waals surface area contributed by atoms with Gasteiger partial charge in [-0.1, -0.05) is 43.6 Å². The van der Waals surface area contributed by atoms with Gasteiger partial charge in [-0.15, -0.1) is 0 Å². The first-order valence-electron chi connectivity index (χ1n) is 9.89. The van der Waals surface area contributed by atoms with Crippen molar-refractivity contribution in [3.8, 4) is 17.6 Å². The van der Waals surface area contributed by atoms with Crippen LogP contribution >= 0.6 is 0 Å². The maximum absolute atomic E-state index is 10.1. The maximum Gasteiger partial charge on any atom is 0.116 e. The third kappa shape index (κ3) is 3.17. The first-order chi connectivity index (χ1) is 13.6. The van der Waals surface area contributed by atoms with Crippen LogP contribution in [0.1, 0.15) is 42.9 Å². The van der Waals surface area contributed by atoms with Gasteiger partial charge in [-0.05, 0) is 72.0 Å². The van der Waals surface area contributed by atoms with Crippen LogP contribution in [0.4, 0.5) is 0 Å². The molecule has 2 atom stereocenters. The number of allylic oxidation sites excluding steroid dienone is 5. The van der Waals surface area contributed by atoms with Gasteiger partial charge in [-0.2, -0.15) is 0 Å². The summed E-state index contributed by atoms with van der Waals surface area (Å²) in [6.45, 7) is 9.69. The fraction of sp³-hybridized carbons (Fsp3) is 0.308. The fourth-order valence-electron chi connectivity index (χ4n) is 4.60. The predicted molar refractivity (Wildman–Crippen MR) is 116 cm³/mol. The van der Waals surface area contributed by atoms with Crippen LogP contribution in [-0.4, -0.2) is 18.3 Å². The summed E-state index contributed by atoms with van der Waals surface area (Å²) in [6.07, 6.45) is 9.78. The molecule has 142 valence electrons. The van der Waals surface area contributed by atoms with Gasteiger partial charge >= 0.3 is 0 Å². The van der Waals surface area contributed by atoms with E-state index in [0.29, 0.717) is 11.7 Å². The summed E-state index contributed by atoms with van der Waals surface area (Å²) in [5.41, 5.74) is 4.82. The van der Waals surface area contributed by atoms with Crippen LogP contribution in [0.15, 0.2) is 60.7 Å². The minimum Gasteiger partial charge on any atom is -0.508 e. The van der Waals surface area contributed by atoms with Crippen LogP contribution in [0.25, 0.3) is 10.8 Å². The zero-order valence-corrected chi connectivity index (χ0v) is 16.6. The van der Waals surface area contributed by atoms with E-state index in [9.17, 15) is 5.11 Å². The van der Waals surface area contributed by atoms with Crippen LogP contribution in [0.2, 0.25) is 0 Å². The number of aryl methyl sites for hydroxylation is 1. The molecule has 0 spiro atoms. The van der Waals surface area contributed by atoms with Gasteiger partial charge in [0.1, 0.15) is 5.75 Å². The van der Waals surface area contributed by atoms with E-state index in [2.05, 4.69) is 31.4 Å². The Bertz CT molecular complexity index is 1060. The van der Waals surface area contributed by atoms with Crippen molar-refractivity contribution in [3.63, 3.8) is 0 Å². The van der Waals surface area contributed by atoms with E-state index in [-0.39, 0.29) is 5.41 Å². The molecular formula is C26H26O2. The van der Waals surface area contributed by atoms with E-state index in [1.54, 1.807) is 12.1 Å². The molecule has 0 amide bonds. The Balaban J connectivity index is 1.93. The van der Waals surface area contributed by atoms with Crippen molar-refractivity contribution in [1.82, 2.24) is 0 Å². The lowest BCUT2D eigenvalue weighted by molar-refractivity contribution is 0.154. The van der Waals surface area contributed by atoms with Gasteiger partial charge in [-0.25, -0.2) is 0 Å². The second-order valence-corrected chi connectivity index (χ2v) is 8.05. The average molecular weight is 370 g/mol. The predicted octanol–water partition coefficient (Wildman–Crippen LogP) is 5.65. The van der Waals surface area contributed by atoms with E-state index < -0.39 is 0 Å². The Morgan fingerprint density at radius 3 is 2.96 bits per heavy atom. The lowest BCUT2D eigenvalue weighted by Crippen LogP contribution is -2.30. The highest BCUT2D eigenvalue weighted by Crippen LogP contribution is 2.51. The SMILES string of the molecule is C=C/C=C(C#Cc1cc2c(c3cc(O)ccc13)CCC1(C)COCC21)\C=C/C. The van der Waals surface area contributed by atoms with Gasteiger partial charge < -0.3 is 9.84 Å². The number of ether oxygens (including phenoxy) is 1. The number of phenols is 1. The van der Waals surface area contributed by atoms with Crippen LogP contribution in [0.3, 0.4) is 0 Å².